The molecule has 1 aliphatic carbocycles. The van der Waals surface area contributed by atoms with Gasteiger partial charge in [0.2, 0.25) is 5.91 Å². The zero-order valence-electron chi connectivity index (χ0n) is 12.8. The first-order chi connectivity index (χ1) is 10.8. The fourth-order valence-electron chi connectivity index (χ4n) is 3.11. The molecule has 0 unspecified atom stereocenters. The summed E-state index contributed by atoms with van der Waals surface area (Å²) in [6.45, 7) is 2.89. The molecule has 0 atom stereocenters. The number of aromatic nitrogens is 2. The van der Waals surface area contributed by atoms with Crippen molar-refractivity contribution in [2.24, 2.45) is 0 Å². The highest BCUT2D eigenvalue weighted by Gasteiger charge is 2.24. The van der Waals surface area contributed by atoms with E-state index >= 15 is 0 Å². The third-order valence-electron chi connectivity index (χ3n) is 4.22. The van der Waals surface area contributed by atoms with Gasteiger partial charge in [-0.2, -0.15) is 0 Å². The zero-order valence-corrected chi connectivity index (χ0v) is 14.5. The molecule has 2 aromatic rings. The summed E-state index contributed by atoms with van der Waals surface area (Å²) in [6, 6.07) is 2.44. The first-order valence-corrected chi connectivity index (χ1v) is 9.76. The van der Waals surface area contributed by atoms with Crippen LogP contribution in [0.1, 0.15) is 39.0 Å². The number of nitrogens with zero attached hydrogens (tertiary/aromatic N) is 3. The maximum Gasteiger partial charge on any atom is 0.233 e. The lowest BCUT2D eigenvalue weighted by Gasteiger charge is -2.33. The van der Waals surface area contributed by atoms with Crippen LogP contribution in [0, 0.1) is 0 Å². The van der Waals surface area contributed by atoms with Crippen molar-refractivity contribution in [3.8, 4) is 0 Å². The van der Waals surface area contributed by atoms with Crippen molar-refractivity contribution < 1.29 is 4.79 Å². The number of rotatable bonds is 5. The summed E-state index contributed by atoms with van der Waals surface area (Å²) in [5.74, 6) is 0.705. The molecule has 6 heteroatoms. The van der Waals surface area contributed by atoms with Crippen molar-refractivity contribution in [1.82, 2.24) is 14.9 Å². The van der Waals surface area contributed by atoms with Crippen LogP contribution >= 0.6 is 23.1 Å². The van der Waals surface area contributed by atoms with Crippen LogP contribution < -0.4 is 0 Å². The predicted molar refractivity (Wildman–Crippen MR) is 92.4 cm³/mol. The van der Waals surface area contributed by atoms with Gasteiger partial charge in [-0.3, -0.25) is 4.79 Å². The van der Waals surface area contributed by atoms with E-state index in [0.717, 1.165) is 34.6 Å². The normalized spacial score (nSPS) is 16.0. The number of hydrogen-bond donors (Lipinski definition) is 0. The van der Waals surface area contributed by atoms with Crippen LogP contribution in [0.4, 0.5) is 0 Å². The Bertz CT molecular complexity index is 637. The molecule has 0 aromatic carbocycles. The molecule has 1 saturated carbocycles. The number of carbonyl (C=O) groups is 1. The van der Waals surface area contributed by atoms with Gasteiger partial charge in [0, 0.05) is 12.6 Å². The van der Waals surface area contributed by atoms with Crippen LogP contribution in [0.2, 0.25) is 0 Å². The van der Waals surface area contributed by atoms with Gasteiger partial charge >= 0.3 is 0 Å². The van der Waals surface area contributed by atoms with E-state index in [1.165, 1.54) is 31.0 Å². The van der Waals surface area contributed by atoms with E-state index in [2.05, 4.69) is 21.8 Å². The second-order valence-electron chi connectivity index (χ2n) is 5.57. The molecule has 4 nitrogen and oxygen atoms in total. The lowest BCUT2D eigenvalue weighted by Crippen LogP contribution is -2.42. The van der Waals surface area contributed by atoms with Crippen LogP contribution in [0.15, 0.2) is 22.8 Å². The summed E-state index contributed by atoms with van der Waals surface area (Å²) >= 11 is 3.18. The maximum absolute atomic E-state index is 12.6. The molecule has 0 radical (unpaired) electrons. The third kappa shape index (κ3) is 3.43. The zero-order chi connectivity index (χ0) is 15.4. The number of hydrogen-bond acceptors (Lipinski definition) is 5. The summed E-state index contributed by atoms with van der Waals surface area (Å²) in [7, 11) is 0. The molecule has 2 aromatic heterocycles. The van der Waals surface area contributed by atoms with E-state index in [1.54, 1.807) is 17.7 Å². The lowest BCUT2D eigenvalue weighted by molar-refractivity contribution is -0.131. The van der Waals surface area contributed by atoms with Crippen LogP contribution in [0.5, 0.6) is 0 Å². The van der Waals surface area contributed by atoms with E-state index in [0.29, 0.717) is 11.8 Å². The van der Waals surface area contributed by atoms with Gasteiger partial charge in [-0.15, -0.1) is 11.3 Å². The molecular weight excluding hydrogens is 314 g/mol. The van der Waals surface area contributed by atoms with Crippen molar-refractivity contribution >= 4 is 39.2 Å². The van der Waals surface area contributed by atoms with Gasteiger partial charge in [-0.1, -0.05) is 31.0 Å². The number of fused-ring (bicyclic) bond motifs is 1. The Morgan fingerprint density at radius 1 is 1.36 bits per heavy atom. The Morgan fingerprint density at radius 2 is 2.18 bits per heavy atom. The molecular formula is C16H21N3OS2. The second-order valence-corrected chi connectivity index (χ2v) is 7.45. The van der Waals surface area contributed by atoms with Gasteiger partial charge < -0.3 is 4.90 Å². The highest BCUT2D eigenvalue weighted by Crippen LogP contribution is 2.29. The Morgan fingerprint density at radius 3 is 2.95 bits per heavy atom. The Kier molecular flexibility index (Phi) is 5.31. The van der Waals surface area contributed by atoms with Crippen molar-refractivity contribution in [3.63, 3.8) is 0 Å². The SMILES string of the molecule is CCN(C(=O)CSc1ncnc2ccsc12)C1CCCCC1. The number of amides is 1. The Labute approximate surface area is 139 Å². The van der Waals surface area contributed by atoms with E-state index in [1.807, 2.05) is 11.4 Å². The Balaban J connectivity index is 1.64. The van der Waals surface area contributed by atoms with Crippen molar-refractivity contribution in [3.05, 3.63) is 17.8 Å². The van der Waals surface area contributed by atoms with Gasteiger partial charge in [-0.25, -0.2) is 9.97 Å². The first kappa shape index (κ1) is 15.7. The standard InChI is InChI=1S/C16H21N3OS2/c1-2-19(12-6-4-3-5-7-12)14(20)10-22-16-15-13(8-9-21-15)17-11-18-16/h8-9,11-12H,2-7,10H2,1H3. The third-order valence-corrected chi connectivity index (χ3v) is 6.23. The molecule has 1 fully saturated rings. The molecule has 0 N–H and O–H groups in total. The molecule has 3 rings (SSSR count). The fraction of sp³-hybridized carbons (Fsp3) is 0.562. The smallest absolute Gasteiger partial charge is 0.233 e. The topological polar surface area (TPSA) is 46.1 Å². The van der Waals surface area contributed by atoms with E-state index in [-0.39, 0.29) is 5.91 Å². The van der Waals surface area contributed by atoms with Crippen molar-refractivity contribution in [1.29, 1.82) is 0 Å². The monoisotopic (exact) mass is 335 g/mol. The molecule has 1 amide bonds. The van der Waals surface area contributed by atoms with Gasteiger partial charge in [0.05, 0.1) is 16.0 Å². The number of carbonyl (C=O) groups excluding carboxylic acids is 1. The first-order valence-electron chi connectivity index (χ1n) is 7.90. The minimum atomic E-state index is 0.239. The van der Waals surface area contributed by atoms with Gasteiger partial charge in [0.25, 0.3) is 0 Å². The number of thioether (sulfide) groups is 1. The molecule has 0 bridgehead atoms. The summed E-state index contributed by atoms with van der Waals surface area (Å²) < 4.78 is 1.08. The van der Waals surface area contributed by atoms with Crippen LogP contribution in [-0.2, 0) is 4.79 Å². The van der Waals surface area contributed by atoms with Crippen LogP contribution in [0.25, 0.3) is 10.2 Å². The summed E-state index contributed by atoms with van der Waals surface area (Å²) in [6.07, 6.45) is 7.72. The largest absolute Gasteiger partial charge is 0.339 e. The van der Waals surface area contributed by atoms with Crippen LogP contribution in [0.3, 0.4) is 0 Å². The molecule has 0 spiro atoms. The second kappa shape index (κ2) is 7.42. The van der Waals surface area contributed by atoms with Gasteiger partial charge in [0.1, 0.15) is 11.4 Å². The van der Waals surface area contributed by atoms with Gasteiger partial charge in [0.15, 0.2) is 0 Å². The molecule has 22 heavy (non-hydrogen) atoms. The van der Waals surface area contributed by atoms with Crippen molar-refractivity contribution in [2.45, 2.75) is 50.1 Å². The van der Waals surface area contributed by atoms with Gasteiger partial charge in [-0.05, 0) is 31.2 Å². The molecule has 1 aliphatic rings. The fourth-order valence-corrected chi connectivity index (χ4v) is 4.95. The number of thiophene rings is 1. The summed E-state index contributed by atoms with van der Waals surface area (Å²) in [5.41, 5.74) is 0.967. The highest BCUT2D eigenvalue weighted by molar-refractivity contribution is 8.00. The maximum atomic E-state index is 12.6. The van der Waals surface area contributed by atoms with Crippen LogP contribution in [-0.4, -0.2) is 39.1 Å². The minimum Gasteiger partial charge on any atom is -0.339 e. The van der Waals surface area contributed by atoms with Crippen molar-refractivity contribution in [2.75, 3.05) is 12.3 Å². The minimum absolute atomic E-state index is 0.239. The predicted octanol–water partition coefficient (Wildman–Crippen LogP) is 3.96. The molecule has 0 saturated heterocycles. The molecule has 0 aliphatic heterocycles. The average molecular weight is 335 g/mol. The summed E-state index contributed by atoms with van der Waals surface area (Å²) in [5, 5.41) is 2.94. The van der Waals surface area contributed by atoms with E-state index in [4.69, 9.17) is 0 Å². The van der Waals surface area contributed by atoms with E-state index in [9.17, 15) is 4.79 Å². The Hall–Kier alpha value is -1.14. The molecule has 2 heterocycles. The quantitative estimate of drug-likeness (QED) is 0.613. The summed E-state index contributed by atoms with van der Waals surface area (Å²) in [4.78, 5) is 23.2. The lowest BCUT2D eigenvalue weighted by atomic mass is 9.94. The average Bonchev–Trinajstić information content (AvgIpc) is 3.04. The molecule has 118 valence electrons. The highest BCUT2D eigenvalue weighted by atomic mass is 32.2. The van der Waals surface area contributed by atoms with E-state index < -0.39 is 0 Å².